The highest BCUT2D eigenvalue weighted by atomic mass is 79.9. The first-order valence-corrected chi connectivity index (χ1v) is 12.0. The Labute approximate surface area is 199 Å². The van der Waals surface area contributed by atoms with Gasteiger partial charge in [0.2, 0.25) is 0 Å². The molecule has 1 amide bonds. The molecule has 162 valence electrons. The van der Waals surface area contributed by atoms with Gasteiger partial charge >= 0.3 is 10.1 Å². The molecule has 0 saturated carbocycles. The summed E-state index contributed by atoms with van der Waals surface area (Å²) in [7, 11) is -4.03. The van der Waals surface area contributed by atoms with Crippen molar-refractivity contribution in [3.63, 3.8) is 0 Å². The summed E-state index contributed by atoms with van der Waals surface area (Å²) in [6, 6.07) is 19.7. The topological polar surface area (TPSA) is 76.0 Å². The van der Waals surface area contributed by atoms with E-state index in [0.29, 0.717) is 32.0 Å². The van der Waals surface area contributed by atoms with Crippen LogP contribution in [-0.4, -0.2) is 20.0 Å². The Morgan fingerprint density at radius 3 is 2.38 bits per heavy atom. The maximum Gasteiger partial charge on any atom is 0.339 e. The number of anilines is 1. The molecule has 4 rings (SSSR count). The number of para-hydroxylation sites is 1. The number of benzene rings is 3. The van der Waals surface area contributed by atoms with E-state index in [1.54, 1.807) is 25.1 Å². The second kappa shape index (κ2) is 8.90. The van der Waals surface area contributed by atoms with Crippen LogP contribution in [0.4, 0.5) is 5.69 Å². The van der Waals surface area contributed by atoms with E-state index in [1.165, 1.54) is 35.3 Å². The highest BCUT2D eigenvalue weighted by Crippen LogP contribution is 2.31. The van der Waals surface area contributed by atoms with E-state index in [1.807, 2.05) is 30.3 Å². The minimum absolute atomic E-state index is 0.00983. The first-order chi connectivity index (χ1) is 15.2. The Hall–Kier alpha value is -2.94. The van der Waals surface area contributed by atoms with Crippen LogP contribution in [0, 0.1) is 0 Å². The maximum atomic E-state index is 12.9. The molecule has 0 bridgehead atoms. The normalized spacial score (nSPS) is 15.2. The number of hydrogen-bond donors (Lipinski definition) is 0. The van der Waals surface area contributed by atoms with Crippen molar-refractivity contribution in [1.29, 1.82) is 0 Å². The molecule has 0 unspecified atom stereocenters. The Morgan fingerprint density at radius 1 is 1.03 bits per heavy atom. The zero-order valence-electron chi connectivity index (χ0n) is 16.7. The Morgan fingerprint density at radius 2 is 1.72 bits per heavy atom. The number of hydrogen-bond acceptors (Lipinski definition) is 5. The van der Waals surface area contributed by atoms with Crippen LogP contribution in [0.15, 0.2) is 92.8 Å². The fourth-order valence-corrected chi connectivity index (χ4v) is 4.70. The van der Waals surface area contributed by atoms with Crippen LogP contribution in [0.1, 0.15) is 12.5 Å². The number of rotatable bonds is 5. The number of carbonyl (C=O) groups excluding carboxylic acids is 1. The minimum atomic E-state index is -4.03. The fraction of sp³-hybridized carbons (Fsp3) is 0.0435. The Balaban J connectivity index is 1.57. The molecule has 0 aliphatic carbocycles. The summed E-state index contributed by atoms with van der Waals surface area (Å²) in [5, 5.41) is 6.13. The number of halogens is 2. The molecule has 1 heterocycles. The first kappa shape index (κ1) is 22.3. The number of carbonyl (C=O) groups is 1. The first-order valence-electron chi connectivity index (χ1n) is 9.41. The molecule has 9 heteroatoms. The second-order valence-electron chi connectivity index (χ2n) is 6.88. The van der Waals surface area contributed by atoms with Crippen molar-refractivity contribution in [2.24, 2.45) is 5.10 Å². The van der Waals surface area contributed by atoms with Gasteiger partial charge in [-0.05, 0) is 83.0 Å². The van der Waals surface area contributed by atoms with Gasteiger partial charge in [0.25, 0.3) is 5.91 Å². The van der Waals surface area contributed by atoms with Gasteiger partial charge in [-0.15, -0.1) is 0 Å². The molecule has 1 aliphatic rings. The summed E-state index contributed by atoms with van der Waals surface area (Å²) < 4.78 is 30.7. The van der Waals surface area contributed by atoms with Crippen molar-refractivity contribution in [1.82, 2.24) is 0 Å². The Kier molecular flexibility index (Phi) is 6.19. The van der Waals surface area contributed by atoms with Crippen LogP contribution in [0.25, 0.3) is 6.08 Å². The second-order valence-corrected chi connectivity index (χ2v) is 9.71. The lowest BCUT2D eigenvalue weighted by molar-refractivity contribution is -0.114. The molecule has 32 heavy (non-hydrogen) atoms. The molecule has 0 fully saturated rings. The van der Waals surface area contributed by atoms with E-state index in [9.17, 15) is 13.2 Å². The SMILES string of the molecule is CC1=NN(c2ccccc2)C(=O)/C1=C/c1ccc(OS(=O)(=O)c2ccc(Cl)cc2)c(Br)c1. The van der Waals surface area contributed by atoms with Crippen LogP contribution >= 0.6 is 27.5 Å². The monoisotopic (exact) mass is 530 g/mol. The molecule has 0 spiro atoms. The molecule has 0 atom stereocenters. The zero-order chi connectivity index (χ0) is 22.9. The summed E-state index contributed by atoms with van der Waals surface area (Å²) in [5.74, 6) is -0.119. The Bertz CT molecular complexity index is 1350. The van der Waals surface area contributed by atoms with E-state index >= 15 is 0 Å². The van der Waals surface area contributed by atoms with Crippen molar-refractivity contribution in [2.75, 3.05) is 5.01 Å². The summed E-state index contributed by atoms with van der Waals surface area (Å²) in [6.45, 7) is 1.76. The molecule has 3 aromatic carbocycles. The molecule has 3 aromatic rings. The number of nitrogens with zero attached hydrogens (tertiary/aromatic N) is 2. The molecule has 6 nitrogen and oxygen atoms in total. The van der Waals surface area contributed by atoms with E-state index < -0.39 is 10.1 Å². The van der Waals surface area contributed by atoms with Gasteiger partial charge in [-0.25, -0.2) is 0 Å². The summed E-state index contributed by atoms with van der Waals surface area (Å²) in [6.07, 6.45) is 1.70. The maximum absolute atomic E-state index is 12.9. The van der Waals surface area contributed by atoms with Crippen LogP contribution in [0.2, 0.25) is 5.02 Å². The van der Waals surface area contributed by atoms with Crippen molar-refractivity contribution in [3.8, 4) is 5.75 Å². The van der Waals surface area contributed by atoms with Crippen molar-refractivity contribution < 1.29 is 17.4 Å². The number of hydrazone groups is 1. The highest BCUT2D eigenvalue weighted by molar-refractivity contribution is 9.10. The van der Waals surface area contributed by atoms with Gasteiger partial charge in [0, 0.05) is 5.02 Å². The average Bonchev–Trinajstić information content (AvgIpc) is 3.05. The predicted octanol–water partition coefficient (Wildman–Crippen LogP) is 5.68. The van der Waals surface area contributed by atoms with Gasteiger partial charge in [-0.3, -0.25) is 4.79 Å². The van der Waals surface area contributed by atoms with E-state index in [0.717, 1.165) is 0 Å². The minimum Gasteiger partial charge on any atom is -0.378 e. The molecular formula is C23H16BrClN2O4S. The number of amides is 1. The van der Waals surface area contributed by atoms with Gasteiger partial charge in [0.05, 0.1) is 21.4 Å². The lowest BCUT2D eigenvalue weighted by Gasteiger charge is -2.11. The van der Waals surface area contributed by atoms with Crippen LogP contribution in [0.5, 0.6) is 5.75 Å². The van der Waals surface area contributed by atoms with Crippen molar-refractivity contribution in [2.45, 2.75) is 11.8 Å². The van der Waals surface area contributed by atoms with Gasteiger partial charge in [-0.2, -0.15) is 18.5 Å². The quantitative estimate of drug-likeness (QED) is 0.314. The van der Waals surface area contributed by atoms with Crippen molar-refractivity contribution >= 4 is 61.0 Å². The summed E-state index contributed by atoms with van der Waals surface area (Å²) >= 11 is 9.16. The molecule has 0 N–H and O–H groups in total. The fourth-order valence-electron chi connectivity index (χ4n) is 3.04. The molecule has 0 saturated heterocycles. The summed E-state index contributed by atoms with van der Waals surface area (Å²) in [5.41, 5.74) is 2.39. The van der Waals surface area contributed by atoms with Gasteiger partial charge in [0.15, 0.2) is 5.75 Å². The van der Waals surface area contributed by atoms with Gasteiger partial charge in [-0.1, -0.05) is 35.9 Å². The largest absolute Gasteiger partial charge is 0.378 e. The van der Waals surface area contributed by atoms with Gasteiger partial charge < -0.3 is 4.18 Å². The van der Waals surface area contributed by atoms with Crippen molar-refractivity contribution in [3.05, 3.63) is 93.4 Å². The molecular weight excluding hydrogens is 516 g/mol. The molecule has 1 aliphatic heterocycles. The summed E-state index contributed by atoms with van der Waals surface area (Å²) in [4.78, 5) is 12.8. The third-order valence-corrected chi connectivity index (χ3v) is 6.75. The third kappa shape index (κ3) is 4.62. The third-order valence-electron chi connectivity index (χ3n) is 4.63. The smallest absolute Gasteiger partial charge is 0.339 e. The van der Waals surface area contributed by atoms with E-state index in [2.05, 4.69) is 21.0 Å². The van der Waals surface area contributed by atoms with E-state index in [-0.39, 0.29) is 16.6 Å². The molecule has 0 radical (unpaired) electrons. The predicted molar refractivity (Wildman–Crippen MR) is 128 cm³/mol. The van der Waals surface area contributed by atoms with Crippen LogP contribution in [0.3, 0.4) is 0 Å². The lowest BCUT2D eigenvalue weighted by atomic mass is 10.1. The highest BCUT2D eigenvalue weighted by Gasteiger charge is 2.28. The van der Waals surface area contributed by atoms with Crippen LogP contribution < -0.4 is 9.19 Å². The zero-order valence-corrected chi connectivity index (χ0v) is 19.9. The van der Waals surface area contributed by atoms with Crippen LogP contribution in [-0.2, 0) is 14.9 Å². The van der Waals surface area contributed by atoms with Gasteiger partial charge in [0.1, 0.15) is 4.90 Å². The standard InChI is InChI=1S/C23H16BrClN2O4S/c1-15-20(23(28)27(26-15)18-5-3-2-4-6-18)13-16-7-12-22(21(24)14-16)31-32(29,30)19-10-8-17(25)9-11-19/h2-14H,1H3/b20-13+. The molecule has 0 aromatic heterocycles. The lowest BCUT2D eigenvalue weighted by Crippen LogP contribution is -2.21. The average molecular weight is 532 g/mol. The van der Waals surface area contributed by atoms with E-state index in [4.69, 9.17) is 15.8 Å².